The van der Waals surface area contributed by atoms with E-state index in [0.717, 1.165) is 12.8 Å². The second-order valence-corrected chi connectivity index (χ2v) is 7.32. The summed E-state index contributed by atoms with van der Waals surface area (Å²) < 4.78 is 6.53. The Hall–Kier alpha value is -2.17. The van der Waals surface area contributed by atoms with Gasteiger partial charge in [0.05, 0.1) is 17.5 Å². The summed E-state index contributed by atoms with van der Waals surface area (Å²) in [7, 11) is 0. The molecule has 5 nitrogen and oxygen atoms in total. The van der Waals surface area contributed by atoms with Crippen molar-refractivity contribution in [2.75, 3.05) is 6.61 Å². The van der Waals surface area contributed by atoms with Crippen LogP contribution in [-0.2, 0) is 22.5 Å². The molecular weight excluding hydrogens is 352 g/mol. The molecule has 0 fully saturated rings. The van der Waals surface area contributed by atoms with Gasteiger partial charge >= 0.3 is 5.97 Å². The van der Waals surface area contributed by atoms with Crippen LogP contribution in [0.15, 0.2) is 29.1 Å². The highest BCUT2D eigenvalue weighted by molar-refractivity contribution is 5.78. The molecule has 0 unspecified atom stereocenters. The van der Waals surface area contributed by atoms with Gasteiger partial charge < -0.3 is 4.74 Å². The standard InChI is InChI=1S/C23H34N2O3/c1-3-5-6-7-8-9-10-11-12-17-21-24-20-16-14-13-15-19(20)23(27)25(21)18-22(26)28-4-2/h13-16H,3-12,17-18H2,1-2H3. The summed E-state index contributed by atoms with van der Waals surface area (Å²) in [6.07, 6.45) is 11.9. The highest BCUT2D eigenvalue weighted by atomic mass is 16.5. The maximum atomic E-state index is 12.9. The van der Waals surface area contributed by atoms with Crippen molar-refractivity contribution in [2.24, 2.45) is 0 Å². The van der Waals surface area contributed by atoms with Gasteiger partial charge in [0, 0.05) is 6.42 Å². The van der Waals surface area contributed by atoms with Crippen molar-refractivity contribution in [2.45, 2.75) is 84.6 Å². The van der Waals surface area contributed by atoms with E-state index in [1.54, 1.807) is 13.0 Å². The van der Waals surface area contributed by atoms with Gasteiger partial charge in [-0.1, -0.05) is 70.4 Å². The first-order chi connectivity index (χ1) is 13.7. The van der Waals surface area contributed by atoms with E-state index in [1.807, 2.05) is 18.2 Å². The summed E-state index contributed by atoms with van der Waals surface area (Å²) in [5.74, 6) is 0.287. The lowest BCUT2D eigenvalue weighted by Crippen LogP contribution is -2.29. The van der Waals surface area contributed by atoms with E-state index >= 15 is 0 Å². The molecule has 0 spiro atoms. The van der Waals surface area contributed by atoms with Crippen molar-refractivity contribution >= 4 is 16.9 Å². The quantitative estimate of drug-likeness (QED) is 0.358. The molecule has 0 aliphatic heterocycles. The van der Waals surface area contributed by atoms with Gasteiger partial charge in [-0.3, -0.25) is 14.2 Å². The van der Waals surface area contributed by atoms with Crippen LogP contribution in [0.2, 0.25) is 0 Å². The normalized spacial score (nSPS) is 11.1. The summed E-state index contributed by atoms with van der Waals surface area (Å²) in [6, 6.07) is 7.31. The average molecular weight is 387 g/mol. The number of nitrogens with zero attached hydrogens (tertiary/aromatic N) is 2. The number of carbonyl (C=O) groups is 1. The smallest absolute Gasteiger partial charge is 0.326 e. The number of benzene rings is 1. The van der Waals surface area contributed by atoms with E-state index in [2.05, 4.69) is 11.9 Å². The predicted molar refractivity (Wildman–Crippen MR) is 114 cm³/mol. The number of esters is 1. The molecule has 0 aliphatic carbocycles. The SMILES string of the molecule is CCCCCCCCCCCc1nc2ccccc2c(=O)n1CC(=O)OCC. The fourth-order valence-corrected chi connectivity index (χ4v) is 3.50. The molecule has 28 heavy (non-hydrogen) atoms. The van der Waals surface area contributed by atoms with Gasteiger partial charge in [0.15, 0.2) is 0 Å². The molecule has 0 N–H and O–H groups in total. The van der Waals surface area contributed by atoms with Crippen LogP contribution < -0.4 is 5.56 Å². The Morgan fingerprint density at radius 1 is 0.964 bits per heavy atom. The first-order valence-corrected chi connectivity index (χ1v) is 10.8. The molecule has 5 heteroatoms. The van der Waals surface area contributed by atoms with Gasteiger partial charge in [-0.25, -0.2) is 4.98 Å². The molecule has 1 aromatic carbocycles. The lowest BCUT2D eigenvalue weighted by molar-refractivity contribution is -0.143. The maximum Gasteiger partial charge on any atom is 0.326 e. The Labute approximate surface area is 168 Å². The van der Waals surface area contributed by atoms with Crippen molar-refractivity contribution in [1.29, 1.82) is 0 Å². The van der Waals surface area contributed by atoms with Gasteiger partial charge in [0.2, 0.25) is 0 Å². The zero-order chi connectivity index (χ0) is 20.2. The van der Waals surface area contributed by atoms with Crippen molar-refractivity contribution in [1.82, 2.24) is 9.55 Å². The third-order valence-corrected chi connectivity index (χ3v) is 5.04. The fraction of sp³-hybridized carbons (Fsp3) is 0.609. The van der Waals surface area contributed by atoms with Crippen LogP contribution >= 0.6 is 0 Å². The Morgan fingerprint density at radius 3 is 2.29 bits per heavy atom. The second kappa shape index (κ2) is 12.3. The summed E-state index contributed by atoms with van der Waals surface area (Å²) >= 11 is 0. The Bertz CT molecular complexity index is 798. The van der Waals surface area contributed by atoms with Crippen molar-refractivity contribution in [3.8, 4) is 0 Å². The van der Waals surface area contributed by atoms with Crippen molar-refractivity contribution in [3.63, 3.8) is 0 Å². The molecule has 2 aromatic rings. The molecule has 0 saturated heterocycles. The van der Waals surface area contributed by atoms with Crippen LogP contribution in [-0.4, -0.2) is 22.1 Å². The van der Waals surface area contributed by atoms with Crippen LogP contribution in [0.3, 0.4) is 0 Å². The van der Waals surface area contributed by atoms with Gasteiger partial charge in [0.25, 0.3) is 5.56 Å². The van der Waals surface area contributed by atoms with E-state index in [9.17, 15) is 9.59 Å². The van der Waals surface area contributed by atoms with Crippen molar-refractivity contribution < 1.29 is 9.53 Å². The largest absolute Gasteiger partial charge is 0.465 e. The zero-order valence-electron chi connectivity index (χ0n) is 17.4. The van der Waals surface area contributed by atoms with Crippen LogP contribution in [0, 0.1) is 0 Å². The summed E-state index contributed by atoms with van der Waals surface area (Å²) in [4.78, 5) is 29.5. The average Bonchev–Trinajstić information content (AvgIpc) is 2.69. The molecule has 0 atom stereocenters. The highest BCUT2D eigenvalue weighted by Gasteiger charge is 2.14. The van der Waals surface area contributed by atoms with E-state index < -0.39 is 5.97 Å². The highest BCUT2D eigenvalue weighted by Crippen LogP contribution is 2.13. The Morgan fingerprint density at radius 2 is 1.61 bits per heavy atom. The zero-order valence-corrected chi connectivity index (χ0v) is 17.4. The lowest BCUT2D eigenvalue weighted by Gasteiger charge is -2.13. The first-order valence-electron chi connectivity index (χ1n) is 10.8. The lowest BCUT2D eigenvalue weighted by atomic mass is 10.1. The van der Waals surface area contributed by atoms with Gasteiger partial charge in [0.1, 0.15) is 12.4 Å². The second-order valence-electron chi connectivity index (χ2n) is 7.32. The van der Waals surface area contributed by atoms with Crippen LogP contribution in [0.25, 0.3) is 10.9 Å². The molecule has 0 amide bonds. The monoisotopic (exact) mass is 386 g/mol. The number of aryl methyl sites for hydroxylation is 1. The molecule has 1 aromatic heterocycles. The van der Waals surface area contributed by atoms with Crippen LogP contribution in [0.4, 0.5) is 0 Å². The minimum Gasteiger partial charge on any atom is -0.465 e. The Kier molecular flexibility index (Phi) is 9.73. The van der Waals surface area contributed by atoms with Crippen molar-refractivity contribution in [3.05, 3.63) is 40.4 Å². The van der Waals surface area contributed by atoms with Crippen LogP contribution in [0.5, 0.6) is 0 Å². The molecule has 0 aliphatic rings. The molecule has 2 rings (SSSR count). The third kappa shape index (κ3) is 6.77. The number of unbranched alkanes of at least 4 members (excludes halogenated alkanes) is 8. The predicted octanol–water partition coefficient (Wildman–Crippen LogP) is 5.03. The summed E-state index contributed by atoms with van der Waals surface area (Å²) in [6.45, 7) is 4.24. The van der Waals surface area contributed by atoms with Crippen LogP contribution in [0.1, 0.15) is 77.5 Å². The number of ether oxygens (including phenoxy) is 1. The maximum absolute atomic E-state index is 12.9. The number of aromatic nitrogens is 2. The minimum atomic E-state index is -0.394. The topological polar surface area (TPSA) is 61.2 Å². The van der Waals surface area contributed by atoms with E-state index in [1.165, 1.54) is 49.5 Å². The molecular formula is C23H34N2O3. The number of rotatable bonds is 13. The molecule has 0 radical (unpaired) electrons. The van der Waals surface area contributed by atoms with E-state index in [4.69, 9.17) is 4.74 Å². The summed E-state index contributed by atoms with van der Waals surface area (Å²) in [5.41, 5.74) is 0.531. The van der Waals surface area contributed by atoms with Gasteiger partial charge in [-0.15, -0.1) is 0 Å². The summed E-state index contributed by atoms with van der Waals surface area (Å²) in [5, 5.41) is 0.544. The van der Waals surface area contributed by atoms with Gasteiger partial charge in [-0.05, 0) is 25.5 Å². The Balaban J connectivity index is 1.97. The number of hydrogen-bond donors (Lipinski definition) is 0. The molecule has 154 valence electrons. The number of fused-ring (bicyclic) bond motifs is 1. The number of hydrogen-bond acceptors (Lipinski definition) is 4. The number of para-hydroxylation sites is 1. The molecule has 0 saturated carbocycles. The fourth-order valence-electron chi connectivity index (χ4n) is 3.50. The third-order valence-electron chi connectivity index (χ3n) is 5.04. The molecule has 0 bridgehead atoms. The first kappa shape index (κ1) is 22.1. The molecule has 1 heterocycles. The van der Waals surface area contributed by atoms with Gasteiger partial charge in [-0.2, -0.15) is 0 Å². The van der Waals surface area contributed by atoms with E-state index in [-0.39, 0.29) is 12.1 Å². The minimum absolute atomic E-state index is 0.0722. The number of carbonyl (C=O) groups excluding carboxylic acids is 1. The van der Waals surface area contributed by atoms with E-state index in [0.29, 0.717) is 29.8 Å².